The lowest BCUT2D eigenvalue weighted by Gasteiger charge is -2.46. The highest BCUT2D eigenvalue weighted by Gasteiger charge is 2.58. The number of aromatic nitrogens is 4. The predicted molar refractivity (Wildman–Crippen MR) is 213 cm³/mol. The summed E-state index contributed by atoms with van der Waals surface area (Å²) in [6.45, 7) is 16.5. The molecular weight excluding hydrogens is 755 g/mol. The molecule has 3 unspecified atom stereocenters. The van der Waals surface area contributed by atoms with Crippen LogP contribution >= 0.6 is 11.3 Å². The van der Waals surface area contributed by atoms with Crippen molar-refractivity contribution in [2.75, 3.05) is 34.3 Å². The summed E-state index contributed by atoms with van der Waals surface area (Å²) in [6, 6.07) is -1.02. The molecule has 0 radical (unpaired) electrons. The first kappa shape index (κ1) is 45.0. The van der Waals surface area contributed by atoms with Crippen LogP contribution in [0.1, 0.15) is 87.5 Å². The first-order valence-corrected chi connectivity index (χ1v) is 21.3. The zero-order valence-electron chi connectivity index (χ0n) is 35.5. The number of fused-ring (bicyclic) bond motifs is 1. The van der Waals surface area contributed by atoms with Gasteiger partial charge in [-0.15, -0.1) is 16.4 Å². The number of carbonyl (C=O) groups is 3. The van der Waals surface area contributed by atoms with Crippen LogP contribution in [-0.2, 0) is 39.8 Å². The molecule has 3 saturated heterocycles. The molecule has 13 atom stereocenters. The lowest BCUT2D eigenvalue weighted by molar-refractivity contribution is -0.295. The van der Waals surface area contributed by atoms with Crippen molar-refractivity contribution in [2.24, 2.45) is 17.8 Å². The van der Waals surface area contributed by atoms with Crippen molar-refractivity contribution in [3.63, 3.8) is 0 Å². The number of hydrogen-bond acceptors (Lipinski definition) is 15. The Morgan fingerprint density at radius 2 is 1.82 bits per heavy atom. The standard InChI is InChI=1S/C40H65N7O9S/c1-12-30-40(8)33(47(38(51)56-40)17-14-13-16-46-22-28(43-44-46)35-41-15-18-57-35)27(6)42-21-23(2)20-39(7,52-11)34(25(4)31(48)26(5)36(50)54-30)55-37-32(49)29(45(9)10)19-24(3)53-37/h15,18,22-27,29-30,32-34,37,42,49H,12-14,16-17,19-21H2,1-11H3/t23-,24?,25-,26-,27-,29?,30-,32?,33-,34-,37+,39-,40-/m1/s1. The van der Waals surface area contributed by atoms with Crippen LogP contribution in [0.15, 0.2) is 17.8 Å². The molecule has 0 bridgehead atoms. The third kappa shape index (κ3) is 9.88. The maximum absolute atomic E-state index is 14.4. The number of ether oxygens (including phenoxy) is 5. The number of unbranched alkanes of at least 4 members (excludes halogenated alkanes) is 1. The fourth-order valence-corrected chi connectivity index (χ4v) is 9.66. The van der Waals surface area contributed by atoms with Crippen LogP contribution in [-0.4, -0.2) is 147 Å². The van der Waals surface area contributed by atoms with Crippen LogP contribution in [0.4, 0.5) is 4.79 Å². The molecule has 3 fully saturated rings. The van der Waals surface area contributed by atoms with Crippen molar-refractivity contribution in [1.29, 1.82) is 0 Å². The van der Waals surface area contributed by atoms with Gasteiger partial charge in [0.2, 0.25) is 0 Å². The van der Waals surface area contributed by atoms with E-state index in [2.05, 4.69) is 27.5 Å². The molecule has 320 valence electrons. The first-order valence-electron chi connectivity index (χ1n) is 20.4. The molecule has 0 aliphatic carbocycles. The summed E-state index contributed by atoms with van der Waals surface area (Å²) >= 11 is 1.50. The zero-order chi connectivity index (χ0) is 41.8. The summed E-state index contributed by atoms with van der Waals surface area (Å²) in [5.41, 5.74) is -1.54. The zero-order valence-corrected chi connectivity index (χ0v) is 36.4. The molecule has 3 aliphatic rings. The number of carbonyl (C=O) groups excluding carboxylic acids is 3. The van der Waals surface area contributed by atoms with Gasteiger partial charge >= 0.3 is 12.1 Å². The Balaban J connectivity index is 1.39. The van der Waals surface area contributed by atoms with Gasteiger partial charge in [0.15, 0.2) is 17.7 Å². The van der Waals surface area contributed by atoms with Gasteiger partial charge in [-0.3, -0.25) is 19.2 Å². The van der Waals surface area contributed by atoms with Gasteiger partial charge in [0.25, 0.3) is 0 Å². The molecule has 5 rings (SSSR count). The van der Waals surface area contributed by atoms with E-state index in [1.54, 1.807) is 29.8 Å². The third-order valence-electron chi connectivity index (χ3n) is 12.3. The number of Topliss-reactive ketones (excluding diaryl/α,β-unsaturated/α-hetero) is 1. The van der Waals surface area contributed by atoms with Crippen molar-refractivity contribution >= 4 is 29.2 Å². The smallest absolute Gasteiger partial charge is 0.410 e. The summed E-state index contributed by atoms with van der Waals surface area (Å²) in [5, 5.41) is 26.3. The monoisotopic (exact) mass is 819 g/mol. The van der Waals surface area contributed by atoms with Gasteiger partial charge in [0.05, 0.1) is 30.0 Å². The number of thiazole rings is 1. The van der Waals surface area contributed by atoms with E-state index in [0.29, 0.717) is 45.3 Å². The van der Waals surface area contributed by atoms with Crippen LogP contribution in [0.25, 0.3) is 10.7 Å². The molecule has 0 spiro atoms. The van der Waals surface area contributed by atoms with Crippen molar-refractivity contribution in [3.8, 4) is 10.7 Å². The van der Waals surface area contributed by atoms with Crippen molar-refractivity contribution in [3.05, 3.63) is 17.8 Å². The number of rotatable bonds is 11. The average molecular weight is 820 g/mol. The average Bonchev–Trinajstić information content (AvgIpc) is 3.93. The predicted octanol–water partition coefficient (Wildman–Crippen LogP) is 4.16. The number of aryl methyl sites for hydroxylation is 1. The van der Waals surface area contributed by atoms with Crippen LogP contribution in [0, 0.1) is 17.8 Å². The van der Waals surface area contributed by atoms with Crippen molar-refractivity contribution < 1.29 is 43.2 Å². The lowest BCUT2D eigenvalue weighted by Crippen LogP contribution is -2.61. The van der Waals surface area contributed by atoms with E-state index in [0.717, 1.165) is 17.1 Å². The van der Waals surface area contributed by atoms with Gasteiger partial charge in [0, 0.05) is 49.8 Å². The van der Waals surface area contributed by atoms with E-state index in [-0.39, 0.29) is 24.1 Å². The number of nitrogens with zero attached hydrogens (tertiary/aromatic N) is 6. The lowest BCUT2D eigenvalue weighted by atomic mass is 9.78. The summed E-state index contributed by atoms with van der Waals surface area (Å²) in [7, 11) is 5.39. The highest BCUT2D eigenvalue weighted by molar-refractivity contribution is 7.13. The number of likely N-dealkylation sites (N-methyl/N-ethyl adjacent to an activating group) is 1. The Kier molecular flexibility index (Phi) is 14.9. The summed E-state index contributed by atoms with van der Waals surface area (Å²) in [5.74, 6) is -3.14. The second kappa shape index (κ2) is 18.9. The number of aliphatic hydroxyl groups excluding tert-OH is 1. The SMILES string of the molecule is CC[C@H]1OC(=O)[C@H](C)C(=O)[C@@H](C)[C@@H](O[C@@H]2OC(C)CC(N(C)C)C2O)[C@](C)(OC)C[C@@H](C)CN[C@H](C)[C@H]2N(CCCCn3cc(-c4nccs4)nn3)C(=O)O[C@]12C. The highest BCUT2D eigenvalue weighted by Crippen LogP contribution is 2.40. The number of ketones is 1. The Labute approximate surface area is 341 Å². The van der Waals surface area contributed by atoms with Gasteiger partial charge < -0.3 is 39.0 Å². The van der Waals surface area contributed by atoms with E-state index >= 15 is 0 Å². The molecule has 16 nitrogen and oxygen atoms in total. The molecule has 1 amide bonds. The minimum atomic E-state index is -1.22. The second-order valence-electron chi connectivity index (χ2n) is 17.0. The molecular formula is C40H65N7O9S. The minimum Gasteiger partial charge on any atom is -0.458 e. The van der Waals surface area contributed by atoms with Gasteiger partial charge in [0.1, 0.15) is 28.8 Å². The molecule has 2 aromatic rings. The molecule has 0 aromatic carbocycles. The molecule has 17 heteroatoms. The fourth-order valence-electron chi connectivity index (χ4n) is 9.07. The summed E-state index contributed by atoms with van der Waals surface area (Å²) in [4.78, 5) is 50.1. The number of cyclic esters (lactones) is 1. The maximum atomic E-state index is 14.4. The van der Waals surface area contributed by atoms with Gasteiger partial charge in [-0.2, -0.15) is 0 Å². The Hall–Kier alpha value is -3.06. The maximum Gasteiger partial charge on any atom is 0.410 e. The normalized spacial score (nSPS) is 37.4. The molecule has 0 saturated carbocycles. The number of nitrogens with one attached hydrogen (secondary N) is 1. The molecule has 3 aliphatic heterocycles. The highest BCUT2D eigenvalue weighted by atomic mass is 32.1. The quantitative estimate of drug-likeness (QED) is 0.188. The molecule has 2 N–H and O–H groups in total. The topological polar surface area (TPSA) is 180 Å². The Bertz CT molecular complexity index is 1650. The van der Waals surface area contributed by atoms with Gasteiger partial charge in [-0.25, -0.2) is 9.78 Å². The van der Waals surface area contributed by atoms with E-state index in [1.165, 1.54) is 18.3 Å². The van der Waals surface area contributed by atoms with E-state index in [9.17, 15) is 19.5 Å². The largest absolute Gasteiger partial charge is 0.458 e. The van der Waals surface area contributed by atoms with Crippen molar-refractivity contribution in [1.82, 2.24) is 35.1 Å². The number of esters is 1. The molecule has 5 heterocycles. The summed E-state index contributed by atoms with van der Waals surface area (Å²) < 4.78 is 33.2. The van der Waals surface area contributed by atoms with Crippen LogP contribution in [0.2, 0.25) is 0 Å². The van der Waals surface area contributed by atoms with Crippen LogP contribution < -0.4 is 5.32 Å². The number of amides is 1. The second-order valence-corrected chi connectivity index (χ2v) is 17.9. The third-order valence-corrected chi connectivity index (χ3v) is 13.1. The minimum absolute atomic E-state index is 0.00599. The number of hydrogen-bond donors (Lipinski definition) is 2. The van der Waals surface area contributed by atoms with E-state index in [1.807, 2.05) is 65.2 Å². The Morgan fingerprint density at radius 3 is 2.47 bits per heavy atom. The number of methoxy groups -OCH3 is 1. The van der Waals surface area contributed by atoms with Crippen molar-refractivity contribution in [2.45, 2.75) is 154 Å². The fraction of sp³-hybridized carbons (Fsp3) is 0.800. The first-order chi connectivity index (χ1) is 26.9. The molecule has 2 aromatic heterocycles. The van der Waals surface area contributed by atoms with E-state index < -0.39 is 71.5 Å². The van der Waals surface area contributed by atoms with E-state index in [4.69, 9.17) is 23.7 Å². The number of aliphatic hydroxyl groups is 1. The summed E-state index contributed by atoms with van der Waals surface area (Å²) in [6.07, 6.45) is 1.99. The van der Waals surface area contributed by atoms with Gasteiger partial charge in [-0.1, -0.05) is 26.0 Å². The molecule has 57 heavy (non-hydrogen) atoms. The van der Waals surface area contributed by atoms with Crippen LogP contribution in [0.5, 0.6) is 0 Å². The Morgan fingerprint density at radius 1 is 1.11 bits per heavy atom. The van der Waals surface area contributed by atoms with Crippen LogP contribution in [0.3, 0.4) is 0 Å². The van der Waals surface area contributed by atoms with Gasteiger partial charge in [-0.05, 0) is 93.3 Å².